The van der Waals surface area contributed by atoms with E-state index in [1.807, 2.05) is 28.3 Å². The van der Waals surface area contributed by atoms with Crippen LogP contribution in [0.5, 0.6) is 0 Å². The topological polar surface area (TPSA) is 67.7 Å². The van der Waals surface area contributed by atoms with E-state index < -0.39 is 0 Å². The predicted molar refractivity (Wildman–Crippen MR) is 87.3 cm³/mol. The first-order valence-electron chi connectivity index (χ1n) is 7.77. The number of ether oxygens (including phenoxy) is 1. The molecule has 126 valence electrons. The van der Waals surface area contributed by atoms with Gasteiger partial charge in [0.25, 0.3) is 0 Å². The third-order valence-electron chi connectivity index (χ3n) is 4.61. The van der Waals surface area contributed by atoms with Crippen molar-refractivity contribution in [3.8, 4) is 0 Å². The van der Waals surface area contributed by atoms with Crippen LogP contribution in [0.15, 0.2) is 12.5 Å². The van der Waals surface area contributed by atoms with Crippen molar-refractivity contribution >= 4 is 23.8 Å². The Labute approximate surface area is 140 Å². The third-order valence-corrected chi connectivity index (χ3v) is 5.55. The van der Waals surface area contributed by atoms with Crippen molar-refractivity contribution in [3.05, 3.63) is 18.2 Å². The second kappa shape index (κ2) is 6.82. The van der Waals surface area contributed by atoms with E-state index in [1.165, 1.54) is 7.11 Å². The molecule has 2 aliphatic rings. The van der Waals surface area contributed by atoms with Gasteiger partial charge in [-0.1, -0.05) is 0 Å². The smallest absolute Gasteiger partial charge is 0.320 e. The highest BCUT2D eigenvalue weighted by atomic mass is 32.2. The summed E-state index contributed by atoms with van der Waals surface area (Å²) in [5, 5.41) is 0. The molecule has 2 saturated heterocycles. The number of amides is 2. The maximum Gasteiger partial charge on any atom is 0.320 e. The minimum atomic E-state index is -0.335. The number of methoxy groups -OCH3 is 1. The standard InChI is InChI=1S/C15H22N4O3S/c1-17-10-16-7-13(17)11-8-19(9-12(11)14(20)22-2)15(21)18-3-5-23-6-4-18/h7,10-12H,3-6,8-9H2,1-2H3/t11-,12-/m1/s1. The molecule has 0 unspecified atom stereocenters. The number of carbonyl (C=O) groups excluding carboxylic acids is 2. The fourth-order valence-corrected chi connectivity index (χ4v) is 4.23. The van der Waals surface area contributed by atoms with Gasteiger partial charge in [-0.25, -0.2) is 9.78 Å². The van der Waals surface area contributed by atoms with Crippen LogP contribution in [0, 0.1) is 5.92 Å². The van der Waals surface area contributed by atoms with Gasteiger partial charge in [-0.15, -0.1) is 0 Å². The minimum Gasteiger partial charge on any atom is -0.469 e. The Balaban J connectivity index is 1.78. The van der Waals surface area contributed by atoms with Crippen LogP contribution >= 0.6 is 11.8 Å². The first-order chi connectivity index (χ1) is 11.1. The number of esters is 1. The number of imidazole rings is 1. The summed E-state index contributed by atoms with van der Waals surface area (Å²) in [5.74, 6) is 1.29. The molecule has 7 nitrogen and oxygen atoms in total. The lowest BCUT2D eigenvalue weighted by Crippen LogP contribution is -2.46. The normalized spacial score (nSPS) is 24.8. The second-order valence-corrected chi connectivity index (χ2v) is 7.18. The molecule has 2 atom stereocenters. The first kappa shape index (κ1) is 16.2. The lowest BCUT2D eigenvalue weighted by Gasteiger charge is -2.30. The van der Waals surface area contributed by atoms with E-state index in [1.54, 1.807) is 17.4 Å². The summed E-state index contributed by atoms with van der Waals surface area (Å²) < 4.78 is 6.86. The van der Waals surface area contributed by atoms with Gasteiger partial charge in [0, 0.05) is 62.5 Å². The third kappa shape index (κ3) is 3.17. The number of rotatable bonds is 2. The van der Waals surface area contributed by atoms with Crippen LogP contribution in [0.4, 0.5) is 4.79 Å². The van der Waals surface area contributed by atoms with E-state index in [-0.39, 0.29) is 23.8 Å². The number of urea groups is 1. The number of hydrogen-bond acceptors (Lipinski definition) is 5. The SMILES string of the molecule is COC(=O)[C@@H]1CN(C(=O)N2CCSCC2)C[C@H]1c1cncn1C. The Morgan fingerprint density at radius 3 is 2.61 bits per heavy atom. The Morgan fingerprint density at radius 1 is 1.26 bits per heavy atom. The summed E-state index contributed by atoms with van der Waals surface area (Å²) >= 11 is 1.87. The fraction of sp³-hybridized carbons (Fsp3) is 0.667. The maximum absolute atomic E-state index is 12.7. The Bertz CT molecular complexity index is 585. The van der Waals surface area contributed by atoms with Crippen LogP contribution < -0.4 is 0 Å². The molecule has 2 fully saturated rings. The van der Waals surface area contributed by atoms with Gasteiger partial charge < -0.3 is 19.1 Å². The van der Waals surface area contributed by atoms with E-state index in [0.717, 1.165) is 30.3 Å². The molecular formula is C15H22N4O3S. The van der Waals surface area contributed by atoms with Gasteiger partial charge in [0.05, 0.1) is 19.4 Å². The molecule has 23 heavy (non-hydrogen) atoms. The molecule has 0 aromatic carbocycles. The molecule has 0 bridgehead atoms. The molecule has 1 aromatic heterocycles. The number of nitrogens with zero attached hydrogens (tertiary/aromatic N) is 4. The Kier molecular flexibility index (Phi) is 4.79. The zero-order chi connectivity index (χ0) is 16.4. The largest absolute Gasteiger partial charge is 0.469 e. The van der Waals surface area contributed by atoms with Gasteiger partial charge in [0.15, 0.2) is 0 Å². The molecule has 0 aliphatic carbocycles. The molecule has 0 radical (unpaired) electrons. The quantitative estimate of drug-likeness (QED) is 0.746. The number of likely N-dealkylation sites (tertiary alicyclic amines) is 1. The summed E-state index contributed by atoms with van der Waals surface area (Å²) in [7, 11) is 3.30. The molecule has 1 aromatic rings. The van der Waals surface area contributed by atoms with Gasteiger partial charge in [0.2, 0.25) is 0 Å². The first-order valence-corrected chi connectivity index (χ1v) is 8.93. The molecule has 0 saturated carbocycles. The van der Waals surface area contributed by atoms with E-state index in [2.05, 4.69) is 4.98 Å². The van der Waals surface area contributed by atoms with E-state index in [0.29, 0.717) is 13.1 Å². The van der Waals surface area contributed by atoms with Crippen molar-refractivity contribution in [1.29, 1.82) is 0 Å². The Hall–Kier alpha value is -1.70. The molecule has 3 heterocycles. The Morgan fingerprint density at radius 2 is 2.00 bits per heavy atom. The van der Waals surface area contributed by atoms with Crippen LogP contribution in [-0.2, 0) is 16.6 Å². The summed E-state index contributed by atoms with van der Waals surface area (Å²) in [6.45, 7) is 2.49. The summed E-state index contributed by atoms with van der Waals surface area (Å²) in [6.07, 6.45) is 3.49. The molecule has 0 spiro atoms. The summed E-state index contributed by atoms with van der Waals surface area (Å²) in [4.78, 5) is 32.7. The highest BCUT2D eigenvalue weighted by Crippen LogP contribution is 2.34. The van der Waals surface area contributed by atoms with Crippen LogP contribution in [0.3, 0.4) is 0 Å². The van der Waals surface area contributed by atoms with Gasteiger partial charge in [-0.3, -0.25) is 4.79 Å². The highest BCUT2D eigenvalue weighted by molar-refractivity contribution is 7.99. The van der Waals surface area contributed by atoms with Crippen molar-refractivity contribution < 1.29 is 14.3 Å². The molecular weight excluding hydrogens is 316 g/mol. The summed E-state index contributed by atoms with van der Waals surface area (Å²) in [6, 6.07) is 0.0314. The van der Waals surface area contributed by atoms with Crippen LogP contribution in [0.25, 0.3) is 0 Å². The lowest BCUT2D eigenvalue weighted by molar-refractivity contribution is -0.145. The monoisotopic (exact) mass is 338 g/mol. The highest BCUT2D eigenvalue weighted by Gasteiger charge is 2.43. The molecule has 0 N–H and O–H groups in total. The van der Waals surface area contributed by atoms with Crippen molar-refractivity contribution in [2.24, 2.45) is 13.0 Å². The van der Waals surface area contributed by atoms with E-state index in [9.17, 15) is 9.59 Å². The van der Waals surface area contributed by atoms with Gasteiger partial charge >= 0.3 is 12.0 Å². The summed E-state index contributed by atoms with van der Waals surface area (Å²) in [5.41, 5.74) is 0.963. The molecule has 2 aliphatic heterocycles. The number of aromatic nitrogens is 2. The van der Waals surface area contributed by atoms with Crippen LogP contribution in [0.1, 0.15) is 11.6 Å². The van der Waals surface area contributed by atoms with Crippen molar-refractivity contribution in [2.75, 3.05) is 44.8 Å². The zero-order valence-corrected chi connectivity index (χ0v) is 14.3. The molecule has 8 heteroatoms. The van der Waals surface area contributed by atoms with Crippen molar-refractivity contribution in [2.45, 2.75) is 5.92 Å². The average molecular weight is 338 g/mol. The fourth-order valence-electron chi connectivity index (χ4n) is 3.33. The lowest BCUT2D eigenvalue weighted by atomic mass is 9.93. The van der Waals surface area contributed by atoms with Crippen molar-refractivity contribution in [3.63, 3.8) is 0 Å². The van der Waals surface area contributed by atoms with Gasteiger partial charge in [-0.2, -0.15) is 11.8 Å². The van der Waals surface area contributed by atoms with Gasteiger partial charge in [-0.05, 0) is 0 Å². The molecule has 2 amide bonds. The second-order valence-electron chi connectivity index (χ2n) is 5.95. The van der Waals surface area contributed by atoms with E-state index >= 15 is 0 Å². The van der Waals surface area contributed by atoms with Crippen molar-refractivity contribution in [1.82, 2.24) is 19.4 Å². The number of thioether (sulfide) groups is 1. The zero-order valence-electron chi connectivity index (χ0n) is 13.5. The maximum atomic E-state index is 12.7. The minimum absolute atomic E-state index is 0.0314. The predicted octanol–water partition coefficient (Wildman–Crippen LogP) is 0.777. The number of aryl methyl sites for hydroxylation is 1. The number of carbonyl (C=O) groups is 2. The van der Waals surface area contributed by atoms with Gasteiger partial charge in [0.1, 0.15) is 0 Å². The average Bonchev–Trinajstić information content (AvgIpc) is 3.20. The number of hydrogen-bond donors (Lipinski definition) is 0. The van der Waals surface area contributed by atoms with Crippen LogP contribution in [-0.4, -0.2) is 76.1 Å². The van der Waals surface area contributed by atoms with E-state index in [4.69, 9.17) is 4.74 Å². The molecule has 3 rings (SSSR count). The van der Waals surface area contributed by atoms with Crippen LogP contribution in [0.2, 0.25) is 0 Å².